The molecule has 0 fully saturated rings. The average molecular weight is 584 g/mol. The van der Waals surface area contributed by atoms with E-state index < -0.39 is 0 Å². The molecule has 0 saturated heterocycles. The lowest BCUT2D eigenvalue weighted by atomic mass is 9.87. The van der Waals surface area contributed by atoms with E-state index in [2.05, 4.69) is 127 Å². The maximum Gasteiger partial charge on any atom is 0.250 e. The minimum absolute atomic E-state index is 0.0563. The summed E-state index contributed by atoms with van der Waals surface area (Å²) in [6.45, 7) is 8.66. The highest BCUT2D eigenvalue weighted by molar-refractivity contribution is 7.99. The molecule has 0 saturated carbocycles. The third-order valence-electron chi connectivity index (χ3n) is 7.46. The molecule has 214 valence electrons. The third-order valence-corrected chi connectivity index (χ3v) is 8.39. The molecular formula is C36H33N5OS. The molecule has 0 atom stereocenters. The molecule has 0 bridgehead atoms. The first-order chi connectivity index (χ1) is 20.8. The van der Waals surface area contributed by atoms with Gasteiger partial charge in [-0.05, 0) is 57.6 Å². The summed E-state index contributed by atoms with van der Waals surface area (Å²) in [4.78, 5) is 12.9. The molecule has 1 N–H and O–H groups in total. The summed E-state index contributed by atoms with van der Waals surface area (Å²) in [6, 6.07) is 35.3. The number of aromatic nitrogens is 3. The van der Waals surface area contributed by atoms with Gasteiger partial charge in [0.15, 0.2) is 11.0 Å². The zero-order chi connectivity index (χ0) is 30.0. The molecule has 5 aromatic carbocycles. The molecule has 0 unspecified atom stereocenters. The van der Waals surface area contributed by atoms with Crippen LogP contribution in [0.2, 0.25) is 0 Å². The zero-order valence-electron chi connectivity index (χ0n) is 24.7. The van der Waals surface area contributed by atoms with Crippen molar-refractivity contribution in [2.45, 2.75) is 38.3 Å². The average Bonchev–Trinajstić information content (AvgIpc) is 3.43. The Labute approximate surface area is 255 Å². The van der Waals surface area contributed by atoms with Crippen molar-refractivity contribution in [3.63, 3.8) is 0 Å². The Morgan fingerprint density at radius 3 is 2.12 bits per heavy atom. The fourth-order valence-corrected chi connectivity index (χ4v) is 5.86. The lowest BCUT2D eigenvalue weighted by molar-refractivity contribution is -0.118. The Hall–Kier alpha value is -4.75. The normalized spacial score (nSPS) is 11.9. The molecule has 1 aromatic heterocycles. The number of amides is 1. The molecule has 1 amide bonds. The monoisotopic (exact) mass is 583 g/mol. The van der Waals surface area contributed by atoms with Crippen molar-refractivity contribution in [2.24, 2.45) is 5.10 Å². The summed E-state index contributed by atoms with van der Waals surface area (Å²) in [5, 5.41) is 18.4. The van der Waals surface area contributed by atoms with Gasteiger partial charge in [0.05, 0.1) is 12.0 Å². The number of carbonyl (C=O) groups excluding carboxylic acids is 1. The van der Waals surface area contributed by atoms with Crippen LogP contribution in [0, 0.1) is 6.92 Å². The molecule has 7 heteroatoms. The van der Waals surface area contributed by atoms with Crippen LogP contribution in [0.5, 0.6) is 0 Å². The Balaban J connectivity index is 1.23. The fraction of sp³-hybridized carbons (Fsp3) is 0.167. The van der Waals surface area contributed by atoms with Crippen LogP contribution >= 0.6 is 11.8 Å². The molecule has 0 aliphatic carbocycles. The number of thioether (sulfide) groups is 1. The van der Waals surface area contributed by atoms with Crippen molar-refractivity contribution in [2.75, 3.05) is 5.75 Å². The van der Waals surface area contributed by atoms with Crippen molar-refractivity contribution >= 4 is 45.4 Å². The van der Waals surface area contributed by atoms with Gasteiger partial charge in [0, 0.05) is 16.8 Å². The lowest BCUT2D eigenvalue weighted by Gasteiger charge is -2.19. The van der Waals surface area contributed by atoms with Gasteiger partial charge in [0.1, 0.15) is 0 Å². The van der Waals surface area contributed by atoms with E-state index in [0.29, 0.717) is 5.16 Å². The second kappa shape index (κ2) is 11.9. The minimum atomic E-state index is -0.222. The van der Waals surface area contributed by atoms with Gasteiger partial charge < -0.3 is 0 Å². The van der Waals surface area contributed by atoms with Gasteiger partial charge in [-0.2, -0.15) is 5.10 Å². The number of nitrogens with zero attached hydrogens (tertiary/aromatic N) is 4. The van der Waals surface area contributed by atoms with Gasteiger partial charge in [-0.1, -0.05) is 123 Å². The van der Waals surface area contributed by atoms with Crippen molar-refractivity contribution in [3.05, 3.63) is 120 Å². The number of hydrogen-bond acceptors (Lipinski definition) is 5. The Kier molecular flexibility index (Phi) is 7.82. The maximum atomic E-state index is 12.9. The molecular weight excluding hydrogens is 550 g/mol. The predicted octanol–water partition coefficient (Wildman–Crippen LogP) is 8.09. The molecule has 6 aromatic rings. The molecule has 0 spiro atoms. The van der Waals surface area contributed by atoms with E-state index in [1.165, 1.54) is 22.9 Å². The smallest absolute Gasteiger partial charge is 0.250 e. The molecule has 6 rings (SSSR count). The lowest BCUT2D eigenvalue weighted by Crippen LogP contribution is -2.20. The Bertz CT molecular complexity index is 1900. The molecule has 1 heterocycles. The summed E-state index contributed by atoms with van der Waals surface area (Å²) in [7, 11) is 0. The molecule has 0 radical (unpaired) electrons. The van der Waals surface area contributed by atoms with Crippen LogP contribution in [0.25, 0.3) is 38.6 Å². The standard InChI is InChI=1S/C36H33N5OS/c1-24-13-19-29(20-14-24)41-34(25-15-17-28(18-16-25)36(2,3)4)39-40-35(41)43-23-33(42)38-37-22-32-30-11-7-5-9-26(30)21-27-10-6-8-12-31(27)32/h5-22H,23H2,1-4H3,(H,38,42). The van der Waals surface area contributed by atoms with E-state index >= 15 is 0 Å². The quantitative estimate of drug-likeness (QED) is 0.0892. The molecule has 6 nitrogen and oxygen atoms in total. The van der Waals surface area contributed by atoms with Crippen molar-refractivity contribution in [3.8, 4) is 17.1 Å². The SMILES string of the molecule is Cc1ccc(-n2c(SCC(=O)NN=Cc3c4ccccc4cc4ccccc34)nnc2-c2ccc(C(C)(C)C)cc2)cc1. The second-order valence-electron chi connectivity index (χ2n) is 11.6. The van der Waals surface area contributed by atoms with Gasteiger partial charge in [-0.3, -0.25) is 9.36 Å². The molecule has 0 aliphatic heterocycles. The van der Waals surface area contributed by atoms with E-state index in [9.17, 15) is 4.79 Å². The minimum Gasteiger partial charge on any atom is -0.272 e. The van der Waals surface area contributed by atoms with Gasteiger partial charge >= 0.3 is 0 Å². The second-order valence-corrected chi connectivity index (χ2v) is 12.6. The van der Waals surface area contributed by atoms with Crippen LogP contribution in [-0.4, -0.2) is 32.6 Å². The molecule has 0 aliphatic rings. The number of aryl methyl sites for hydroxylation is 1. The molecule has 43 heavy (non-hydrogen) atoms. The number of nitrogens with one attached hydrogen (secondary N) is 1. The summed E-state index contributed by atoms with van der Waals surface area (Å²) in [5.41, 5.74) is 8.06. The van der Waals surface area contributed by atoms with E-state index in [1.807, 2.05) is 28.8 Å². The van der Waals surface area contributed by atoms with Crippen LogP contribution in [-0.2, 0) is 10.2 Å². The first-order valence-electron chi connectivity index (χ1n) is 14.3. The summed E-state index contributed by atoms with van der Waals surface area (Å²) in [5.74, 6) is 0.647. The van der Waals surface area contributed by atoms with Gasteiger partial charge in [0.2, 0.25) is 0 Å². The van der Waals surface area contributed by atoms with Crippen LogP contribution in [0.1, 0.15) is 37.5 Å². The number of rotatable bonds is 7. The number of hydrazone groups is 1. The van der Waals surface area contributed by atoms with Crippen LogP contribution in [0.4, 0.5) is 0 Å². The van der Waals surface area contributed by atoms with Crippen molar-refractivity contribution in [1.82, 2.24) is 20.2 Å². The van der Waals surface area contributed by atoms with E-state index in [0.717, 1.165) is 44.2 Å². The van der Waals surface area contributed by atoms with Crippen LogP contribution in [0.15, 0.2) is 113 Å². The van der Waals surface area contributed by atoms with Crippen LogP contribution < -0.4 is 5.43 Å². The van der Waals surface area contributed by atoms with Crippen molar-refractivity contribution in [1.29, 1.82) is 0 Å². The maximum absolute atomic E-state index is 12.9. The summed E-state index contributed by atoms with van der Waals surface area (Å²) >= 11 is 1.33. The first kappa shape index (κ1) is 28.4. The van der Waals surface area contributed by atoms with Gasteiger partial charge in [-0.25, -0.2) is 5.43 Å². The van der Waals surface area contributed by atoms with E-state index in [-0.39, 0.29) is 17.1 Å². The van der Waals surface area contributed by atoms with Crippen molar-refractivity contribution < 1.29 is 4.79 Å². The number of fused-ring (bicyclic) bond motifs is 2. The Morgan fingerprint density at radius 1 is 0.860 bits per heavy atom. The summed E-state index contributed by atoms with van der Waals surface area (Å²) < 4.78 is 2.01. The van der Waals surface area contributed by atoms with E-state index in [1.54, 1.807) is 6.21 Å². The topological polar surface area (TPSA) is 72.2 Å². The first-order valence-corrected chi connectivity index (χ1v) is 15.2. The largest absolute Gasteiger partial charge is 0.272 e. The van der Waals surface area contributed by atoms with Crippen LogP contribution in [0.3, 0.4) is 0 Å². The summed E-state index contributed by atoms with van der Waals surface area (Å²) in [6.07, 6.45) is 1.74. The number of hydrogen-bond donors (Lipinski definition) is 1. The number of carbonyl (C=O) groups is 1. The van der Waals surface area contributed by atoms with E-state index in [4.69, 9.17) is 0 Å². The number of benzene rings is 5. The Morgan fingerprint density at radius 2 is 1.49 bits per heavy atom. The highest BCUT2D eigenvalue weighted by Gasteiger charge is 2.19. The highest BCUT2D eigenvalue weighted by atomic mass is 32.2. The predicted molar refractivity (Wildman–Crippen MR) is 178 cm³/mol. The third kappa shape index (κ3) is 6.08. The highest BCUT2D eigenvalue weighted by Crippen LogP contribution is 2.31. The van der Waals surface area contributed by atoms with Gasteiger partial charge in [-0.15, -0.1) is 10.2 Å². The zero-order valence-corrected chi connectivity index (χ0v) is 25.5. The fourth-order valence-electron chi connectivity index (χ4n) is 5.12. The van der Waals surface area contributed by atoms with Gasteiger partial charge in [0.25, 0.3) is 5.91 Å².